The van der Waals surface area contributed by atoms with Crippen LogP contribution in [0.25, 0.3) is 0 Å². The Labute approximate surface area is 110 Å². The average Bonchev–Trinajstić information content (AvgIpc) is 2.37. The molecule has 5 nitrogen and oxygen atoms in total. The Bertz CT molecular complexity index is 570. The Morgan fingerprint density at radius 1 is 1.39 bits per heavy atom. The number of nitrogens with two attached hydrogens (primary N) is 1. The molecule has 0 saturated carbocycles. The van der Waals surface area contributed by atoms with Crippen molar-refractivity contribution >= 4 is 22.9 Å². The number of thiocarbonyl (C=S) groups is 1. The maximum absolute atomic E-state index is 5.65. The molecule has 0 unspecified atom stereocenters. The van der Waals surface area contributed by atoms with Crippen molar-refractivity contribution in [2.45, 2.75) is 13.5 Å². The lowest BCUT2D eigenvalue weighted by atomic mass is 10.2. The van der Waals surface area contributed by atoms with Gasteiger partial charge in [0.2, 0.25) is 0 Å². The van der Waals surface area contributed by atoms with E-state index < -0.39 is 0 Å². The van der Waals surface area contributed by atoms with Gasteiger partial charge in [-0.3, -0.25) is 4.98 Å². The van der Waals surface area contributed by atoms with Crippen LogP contribution in [-0.4, -0.2) is 19.9 Å². The van der Waals surface area contributed by atoms with Crippen LogP contribution < -0.4 is 11.1 Å². The van der Waals surface area contributed by atoms with Crippen LogP contribution >= 0.6 is 12.2 Å². The summed E-state index contributed by atoms with van der Waals surface area (Å²) in [4.78, 5) is 12.7. The monoisotopic (exact) mass is 259 g/mol. The van der Waals surface area contributed by atoms with Crippen LogP contribution in [0.15, 0.2) is 30.7 Å². The fourth-order valence-electron chi connectivity index (χ4n) is 1.54. The second kappa shape index (κ2) is 5.50. The predicted octanol–water partition coefficient (Wildman–Crippen LogP) is 1.43. The second-order valence-electron chi connectivity index (χ2n) is 3.73. The maximum Gasteiger partial charge on any atom is 0.125 e. The van der Waals surface area contributed by atoms with E-state index in [4.69, 9.17) is 18.0 Å². The number of rotatable bonds is 4. The first kappa shape index (κ1) is 12.4. The molecule has 0 aliphatic rings. The van der Waals surface area contributed by atoms with E-state index in [-0.39, 0.29) is 0 Å². The Balaban J connectivity index is 2.13. The number of aromatic nitrogens is 3. The summed E-state index contributed by atoms with van der Waals surface area (Å²) in [5.41, 5.74) is 8.14. The van der Waals surface area contributed by atoms with Gasteiger partial charge in [0.15, 0.2) is 0 Å². The second-order valence-corrected chi connectivity index (χ2v) is 4.17. The topological polar surface area (TPSA) is 76.7 Å². The number of nitrogens with zero attached hydrogens (tertiary/aromatic N) is 3. The summed E-state index contributed by atoms with van der Waals surface area (Å²) < 4.78 is 0. The molecule has 0 amide bonds. The zero-order valence-electron chi connectivity index (χ0n) is 9.92. The Morgan fingerprint density at radius 3 is 2.94 bits per heavy atom. The quantitative estimate of drug-likeness (QED) is 0.809. The minimum Gasteiger partial charge on any atom is -0.389 e. The van der Waals surface area contributed by atoms with Gasteiger partial charge in [0, 0.05) is 18.0 Å². The highest BCUT2D eigenvalue weighted by molar-refractivity contribution is 7.80. The molecule has 0 aliphatic carbocycles. The van der Waals surface area contributed by atoms with Crippen molar-refractivity contribution in [2.24, 2.45) is 5.73 Å². The standard InChI is InChI=1S/C12H13N5S/c1-8-15-5-2-9(17-8)6-16-11-7-14-4-3-10(11)12(13)18/h2-5,7,16H,6H2,1H3,(H2,13,18). The molecule has 2 rings (SSSR count). The number of pyridine rings is 1. The highest BCUT2D eigenvalue weighted by atomic mass is 32.1. The van der Waals surface area contributed by atoms with Gasteiger partial charge in [-0.15, -0.1) is 0 Å². The van der Waals surface area contributed by atoms with Gasteiger partial charge in [-0.25, -0.2) is 9.97 Å². The molecule has 2 aromatic heterocycles. The average molecular weight is 259 g/mol. The van der Waals surface area contributed by atoms with E-state index in [9.17, 15) is 0 Å². The van der Waals surface area contributed by atoms with Crippen LogP contribution in [0.3, 0.4) is 0 Å². The fraction of sp³-hybridized carbons (Fsp3) is 0.167. The van der Waals surface area contributed by atoms with Crippen LogP contribution in [0.2, 0.25) is 0 Å². The van der Waals surface area contributed by atoms with Gasteiger partial charge in [-0.2, -0.15) is 0 Å². The minimum absolute atomic E-state index is 0.346. The summed E-state index contributed by atoms with van der Waals surface area (Å²) in [7, 11) is 0. The van der Waals surface area contributed by atoms with Gasteiger partial charge < -0.3 is 11.1 Å². The highest BCUT2D eigenvalue weighted by Gasteiger charge is 2.04. The maximum atomic E-state index is 5.65. The van der Waals surface area contributed by atoms with E-state index in [1.807, 2.05) is 13.0 Å². The molecule has 6 heteroatoms. The molecule has 0 bridgehead atoms. The lowest BCUT2D eigenvalue weighted by molar-refractivity contribution is 0.954. The minimum atomic E-state index is 0.346. The zero-order chi connectivity index (χ0) is 13.0. The van der Waals surface area contributed by atoms with Gasteiger partial charge in [0.05, 0.1) is 24.1 Å². The van der Waals surface area contributed by atoms with Gasteiger partial charge in [-0.1, -0.05) is 12.2 Å². The largest absolute Gasteiger partial charge is 0.389 e. The molecule has 2 heterocycles. The summed E-state index contributed by atoms with van der Waals surface area (Å²) in [6.07, 6.45) is 5.09. The molecule has 18 heavy (non-hydrogen) atoms. The molecule has 0 fully saturated rings. The number of hydrogen-bond donors (Lipinski definition) is 2. The zero-order valence-corrected chi connectivity index (χ0v) is 10.7. The van der Waals surface area contributed by atoms with E-state index in [1.165, 1.54) is 0 Å². The summed E-state index contributed by atoms with van der Waals surface area (Å²) in [6.45, 7) is 2.43. The number of anilines is 1. The van der Waals surface area contributed by atoms with Crippen molar-refractivity contribution in [3.63, 3.8) is 0 Å². The van der Waals surface area contributed by atoms with E-state index >= 15 is 0 Å². The normalized spacial score (nSPS) is 10.1. The molecule has 3 N–H and O–H groups in total. The van der Waals surface area contributed by atoms with E-state index in [0.29, 0.717) is 11.5 Å². The number of aryl methyl sites for hydroxylation is 1. The molecule has 92 valence electrons. The lowest BCUT2D eigenvalue weighted by Gasteiger charge is -2.10. The fourth-order valence-corrected chi connectivity index (χ4v) is 1.72. The first-order valence-corrected chi connectivity index (χ1v) is 5.84. The molecular formula is C12H13N5S. The van der Waals surface area contributed by atoms with Crippen molar-refractivity contribution in [1.29, 1.82) is 0 Å². The van der Waals surface area contributed by atoms with Crippen molar-refractivity contribution in [3.05, 3.63) is 47.8 Å². The molecule has 2 aromatic rings. The van der Waals surface area contributed by atoms with Crippen molar-refractivity contribution < 1.29 is 0 Å². The molecule has 0 aromatic carbocycles. The lowest BCUT2D eigenvalue weighted by Crippen LogP contribution is -2.13. The smallest absolute Gasteiger partial charge is 0.125 e. The SMILES string of the molecule is Cc1nccc(CNc2cnccc2C(N)=S)n1. The first-order valence-electron chi connectivity index (χ1n) is 5.43. The molecule has 0 spiro atoms. The molecular weight excluding hydrogens is 246 g/mol. The Kier molecular flexibility index (Phi) is 3.78. The van der Waals surface area contributed by atoms with E-state index in [1.54, 1.807) is 24.7 Å². The van der Waals surface area contributed by atoms with Gasteiger partial charge in [0.1, 0.15) is 10.8 Å². The Morgan fingerprint density at radius 2 is 2.22 bits per heavy atom. The van der Waals surface area contributed by atoms with Crippen LogP contribution in [0.4, 0.5) is 5.69 Å². The molecule has 0 atom stereocenters. The van der Waals surface area contributed by atoms with Crippen LogP contribution in [0, 0.1) is 6.92 Å². The third kappa shape index (κ3) is 2.98. The van der Waals surface area contributed by atoms with Crippen LogP contribution in [0.5, 0.6) is 0 Å². The first-order chi connectivity index (χ1) is 8.66. The summed E-state index contributed by atoms with van der Waals surface area (Å²) >= 11 is 4.99. The van der Waals surface area contributed by atoms with Crippen molar-refractivity contribution in [3.8, 4) is 0 Å². The van der Waals surface area contributed by atoms with Gasteiger partial charge in [-0.05, 0) is 19.1 Å². The summed E-state index contributed by atoms with van der Waals surface area (Å²) in [5.74, 6) is 0.745. The molecule has 0 aliphatic heterocycles. The predicted molar refractivity (Wildman–Crippen MR) is 74.2 cm³/mol. The highest BCUT2D eigenvalue weighted by Crippen LogP contribution is 2.14. The summed E-state index contributed by atoms with van der Waals surface area (Å²) in [6, 6.07) is 3.65. The van der Waals surface area contributed by atoms with Crippen molar-refractivity contribution in [1.82, 2.24) is 15.0 Å². The third-order valence-electron chi connectivity index (χ3n) is 2.38. The van der Waals surface area contributed by atoms with E-state index in [2.05, 4.69) is 20.3 Å². The van der Waals surface area contributed by atoms with E-state index in [0.717, 1.165) is 22.8 Å². The number of hydrogen-bond acceptors (Lipinski definition) is 5. The Hall–Kier alpha value is -2.08. The summed E-state index contributed by atoms with van der Waals surface area (Å²) in [5, 5.41) is 3.22. The molecule has 0 radical (unpaired) electrons. The number of nitrogens with one attached hydrogen (secondary N) is 1. The van der Waals surface area contributed by atoms with Gasteiger partial charge in [0.25, 0.3) is 0 Å². The van der Waals surface area contributed by atoms with Crippen LogP contribution in [-0.2, 0) is 6.54 Å². The molecule has 0 saturated heterocycles. The van der Waals surface area contributed by atoms with Crippen LogP contribution in [0.1, 0.15) is 17.1 Å². The third-order valence-corrected chi connectivity index (χ3v) is 2.60. The van der Waals surface area contributed by atoms with Gasteiger partial charge >= 0.3 is 0 Å². The van der Waals surface area contributed by atoms with Crippen molar-refractivity contribution in [2.75, 3.05) is 5.32 Å².